The Morgan fingerprint density at radius 2 is 1.77 bits per heavy atom. The number of carboxylic acids is 1. The van der Waals surface area contributed by atoms with Crippen molar-refractivity contribution in [1.29, 1.82) is 0 Å². The molecular formula is C24H24O7. The first-order valence-corrected chi connectivity index (χ1v) is 9.58. The fraction of sp³-hybridized carbons (Fsp3) is 0.250. The van der Waals surface area contributed by atoms with Crippen molar-refractivity contribution in [3.05, 3.63) is 82.3 Å². The highest BCUT2D eigenvalue weighted by atomic mass is 16.7. The second kappa shape index (κ2) is 9.38. The van der Waals surface area contributed by atoms with Gasteiger partial charge >= 0.3 is 5.97 Å². The van der Waals surface area contributed by atoms with Crippen molar-refractivity contribution in [3.63, 3.8) is 0 Å². The monoisotopic (exact) mass is 424 g/mol. The van der Waals surface area contributed by atoms with Crippen molar-refractivity contribution in [2.45, 2.75) is 19.8 Å². The Hall–Kier alpha value is -3.74. The maximum atomic E-state index is 13.5. The van der Waals surface area contributed by atoms with Crippen LogP contribution >= 0.6 is 0 Å². The van der Waals surface area contributed by atoms with Gasteiger partial charge < -0.3 is 24.1 Å². The van der Waals surface area contributed by atoms with E-state index >= 15 is 0 Å². The normalized spacial score (nSPS) is 14.2. The summed E-state index contributed by atoms with van der Waals surface area (Å²) in [7, 11) is 3.11. The van der Waals surface area contributed by atoms with Crippen molar-refractivity contribution in [2.75, 3.05) is 21.0 Å². The zero-order valence-corrected chi connectivity index (χ0v) is 17.8. The third-order valence-electron chi connectivity index (χ3n) is 5.08. The van der Waals surface area contributed by atoms with Gasteiger partial charge in [0.05, 0.1) is 20.1 Å². The maximum Gasteiger partial charge on any atom is 0.328 e. The highest BCUT2D eigenvalue weighted by Gasteiger charge is 2.33. The minimum Gasteiger partial charge on any atom is -0.497 e. The first kappa shape index (κ1) is 22.0. The van der Waals surface area contributed by atoms with E-state index in [1.807, 2.05) is 26.0 Å². The van der Waals surface area contributed by atoms with E-state index in [4.69, 9.17) is 18.9 Å². The Morgan fingerprint density at radius 1 is 1.06 bits per heavy atom. The Labute approximate surface area is 180 Å². The lowest BCUT2D eigenvalue weighted by Gasteiger charge is -2.23. The lowest BCUT2D eigenvalue weighted by molar-refractivity contribution is -0.131. The molecule has 1 aliphatic rings. The molecule has 7 heteroatoms. The van der Waals surface area contributed by atoms with Crippen molar-refractivity contribution < 1.29 is 33.6 Å². The van der Waals surface area contributed by atoms with Crippen LogP contribution in [-0.2, 0) is 14.3 Å². The Kier molecular flexibility index (Phi) is 6.65. The van der Waals surface area contributed by atoms with Crippen LogP contribution in [0.2, 0.25) is 0 Å². The van der Waals surface area contributed by atoms with Crippen LogP contribution < -0.4 is 9.47 Å². The molecule has 0 aliphatic carbocycles. The van der Waals surface area contributed by atoms with Crippen molar-refractivity contribution in [3.8, 4) is 11.5 Å². The molecule has 0 saturated heterocycles. The van der Waals surface area contributed by atoms with Gasteiger partial charge in [0.25, 0.3) is 0 Å². The largest absolute Gasteiger partial charge is 0.497 e. The smallest absolute Gasteiger partial charge is 0.328 e. The second-order valence-electron chi connectivity index (χ2n) is 7.06. The van der Waals surface area contributed by atoms with E-state index in [1.165, 1.54) is 13.4 Å². The Bertz CT molecular complexity index is 1050. The number of methoxy groups -OCH3 is 2. The molecule has 0 spiro atoms. The number of aliphatic carboxylic acids is 1. The van der Waals surface area contributed by atoms with Crippen LogP contribution in [-0.4, -0.2) is 37.9 Å². The summed E-state index contributed by atoms with van der Waals surface area (Å²) in [5, 5.41) is 9.55. The summed E-state index contributed by atoms with van der Waals surface area (Å²) in [5.41, 5.74) is 2.79. The number of carbonyl (C=O) groups excluding carboxylic acids is 1. The van der Waals surface area contributed by atoms with Gasteiger partial charge in [-0.15, -0.1) is 0 Å². The summed E-state index contributed by atoms with van der Waals surface area (Å²) in [5.74, 6) is -0.778. The Balaban J connectivity index is 2.17. The molecule has 3 rings (SSSR count). The molecule has 1 unspecified atom stereocenters. The molecular weight excluding hydrogens is 400 g/mol. The molecule has 2 aromatic rings. The first-order chi connectivity index (χ1) is 14.8. The number of rotatable bonds is 8. The van der Waals surface area contributed by atoms with E-state index in [9.17, 15) is 14.7 Å². The zero-order valence-electron chi connectivity index (χ0n) is 17.8. The van der Waals surface area contributed by atoms with Crippen LogP contribution in [0.1, 0.15) is 33.0 Å². The number of allylic oxidation sites excluding steroid dienone is 1. The Morgan fingerprint density at radius 3 is 2.32 bits per heavy atom. The summed E-state index contributed by atoms with van der Waals surface area (Å²) in [6.07, 6.45) is 2.35. The van der Waals surface area contributed by atoms with Crippen molar-refractivity contribution in [1.82, 2.24) is 0 Å². The molecule has 0 amide bonds. The van der Waals surface area contributed by atoms with Gasteiger partial charge in [-0.2, -0.15) is 0 Å². The topological polar surface area (TPSA) is 91.3 Å². The predicted molar refractivity (Wildman–Crippen MR) is 113 cm³/mol. The zero-order chi connectivity index (χ0) is 22.5. The number of hydrogen-bond donors (Lipinski definition) is 1. The minimum absolute atomic E-state index is 0.00288. The van der Waals surface area contributed by atoms with Crippen LogP contribution in [0.15, 0.2) is 60.1 Å². The van der Waals surface area contributed by atoms with Gasteiger partial charge in [-0.25, -0.2) is 4.79 Å². The second-order valence-corrected chi connectivity index (χ2v) is 7.06. The van der Waals surface area contributed by atoms with Crippen molar-refractivity contribution >= 4 is 11.8 Å². The molecule has 1 N–H and O–H groups in total. The molecule has 162 valence electrons. The summed E-state index contributed by atoms with van der Waals surface area (Å²) in [6.45, 7) is 3.75. The van der Waals surface area contributed by atoms with E-state index in [0.29, 0.717) is 22.8 Å². The molecule has 0 saturated carbocycles. The van der Waals surface area contributed by atoms with Crippen LogP contribution in [0, 0.1) is 13.8 Å². The molecule has 1 aliphatic heterocycles. The summed E-state index contributed by atoms with van der Waals surface area (Å²) >= 11 is 0. The SMILES string of the molecule is COc1ccc(C(=O)C(=CC(=O)O)C(C2=COCO2)c2cc(C)c(OC)cc2C)cc1. The number of carbonyl (C=O) groups is 2. The number of aryl methyl sites for hydroxylation is 2. The summed E-state index contributed by atoms with van der Waals surface area (Å²) in [4.78, 5) is 25.1. The third kappa shape index (κ3) is 4.71. The standard InChI is InChI=1S/C24H24O7/c1-14-10-20(29-4)15(2)9-18(14)23(21-12-30-13-31-21)19(11-22(25)26)24(27)16-5-7-17(28-3)8-6-16/h5-12,23H,13H2,1-4H3,(H,25,26). The number of ketones is 1. The van der Waals surface area contributed by atoms with E-state index in [2.05, 4.69) is 0 Å². The molecule has 1 heterocycles. The molecule has 0 fully saturated rings. The molecule has 7 nitrogen and oxygen atoms in total. The average molecular weight is 424 g/mol. The first-order valence-electron chi connectivity index (χ1n) is 9.58. The minimum atomic E-state index is -1.23. The van der Waals surface area contributed by atoms with E-state index < -0.39 is 17.7 Å². The van der Waals surface area contributed by atoms with Gasteiger partial charge in [-0.05, 0) is 60.9 Å². The quantitative estimate of drug-likeness (QED) is 0.503. The van der Waals surface area contributed by atoms with Crippen LogP contribution in [0.4, 0.5) is 0 Å². The number of hydrogen-bond acceptors (Lipinski definition) is 6. The lowest BCUT2D eigenvalue weighted by Crippen LogP contribution is -2.18. The number of benzene rings is 2. The average Bonchev–Trinajstić information content (AvgIpc) is 3.29. The molecule has 0 radical (unpaired) electrons. The van der Waals surface area contributed by atoms with Gasteiger partial charge in [-0.1, -0.05) is 6.07 Å². The maximum absolute atomic E-state index is 13.5. The molecule has 0 aromatic heterocycles. The predicted octanol–water partition coefficient (Wildman–Crippen LogP) is 4.14. The van der Waals surface area contributed by atoms with Crippen LogP contribution in [0.3, 0.4) is 0 Å². The van der Waals surface area contributed by atoms with E-state index in [-0.39, 0.29) is 12.4 Å². The lowest BCUT2D eigenvalue weighted by atomic mass is 9.82. The van der Waals surface area contributed by atoms with Crippen molar-refractivity contribution in [2.24, 2.45) is 0 Å². The molecule has 0 bridgehead atoms. The van der Waals surface area contributed by atoms with E-state index in [0.717, 1.165) is 22.8 Å². The van der Waals surface area contributed by atoms with Gasteiger partial charge in [0.15, 0.2) is 5.78 Å². The highest BCUT2D eigenvalue weighted by molar-refractivity contribution is 6.12. The molecule has 31 heavy (non-hydrogen) atoms. The van der Waals surface area contributed by atoms with Gasteiger partial charge in [0, 0.05) is 17.2 Å². The molecule has 2 aromatic carbocycles. The summed E-state index contributed by atoms with van der Waals surface area (Å²) in [6, 6.07) is 10.2. The summed E-state index contributed by atoms with van der Waals surface area (Å²) < 4.78 is 21.4. The van der Waals surface area contributed by atoms with Crippen LogP contribution in [0.25, 0.3) is 0 Å². The fourth-order valence-electron chi connectivity index (χ4n) is 3.54. The number of carboxylic acid groups (broad SMARTS) is 1. The highest BCUT2D eigenvalue weighted by Crippen LogP contribution is 2.39. The number of ether oxygens (including phenoxy) is 4. The van der Waals surface area contributed by atoms with Gasteiger partial charge in [0.2, 0.25) is 6.79 Å². The van der Waals surface area contributed by atoms with Gasteiger partial charge in [-0.3, -0.25) is 4.79 Å². The molecule has 1 atom stereocenters. The third-order valence-corrected chi connectivity index (χ3v) is 5.08. The van der Waals surface area contributed by atoms with Crippen LogP contribution in [0.5, 0.6) is 11.5 Å². The fourth-order valence-corrected chi connectivity index (χ4v) is 3.54. The number of Topliss-reactive ketones (excluding diaryl/α,β-unsaturated/α-hetero) is 1. The van der Waals surface area contributed by atoms with Gasteiger partial charge in [0.1, 0.15) is 23.5 Å². The van der Waals surface area contributed by atoms with E-state index in [1.54, 1.807) is 31.4 Å².